The Morgan fingerprint density at radius 1 is 1.13 bits per heavy atom. The topological polar surface area (TPSA) is 64.8 Å². The van der Waals surface area contributed by atoms with Crippen LogP contribution in [-0.4, -0.2) is 17.4 Å². The van der Waals surface area contributed by atoms with Crippen LogP contribution in [0.4, 0.5) is 0 Å². The zero-order valence-corrected chi connectivity index (χ0v) is 13.1. The normalized spacial score (nSPS) is 10.9. The summed E-state index contributed by atoms with van der Waals surface area (Å²) in [6, 6.07) is 13.1. The van der Waals surface area contributed by atoms with Gasteiger partial charge in [0.2, 0.25) is 0 Å². The predicted molar refractivity (Wildman–Crippen MR) is 89.9 cm³/mol. The Morgan fingerprint density at radius 3 is 2.65 bits per heavy atom. The molecule has 0 aliphatic rings. The van der Waals surface area contributed by atoms with Gasteiger partial charge in [-0.25, -0.2) is 5.11 Å². The number of aryl methyl sites for hydroxylation is 1. The fraction of sp³-hybridized carbons (Fsp3) is 0.211. The first-order chi connectivity index (χ1) is 11.2. The van der Waals surface area contributed by atoms with E-state index < -0.39 is 0 Å². The van der Waals surface area contributed by atoms with Gasteiger partial charge in [0.15, 0.2) is 0 Å². The second-order valence-corrected chi connectivity index (χ2v) is 5.71. The maximum Gasteiger partial charge on any atom is 0.251 e. The molecule has 0 saturated heterocycles. The largest absolute Gasteiger partial charge is 0.361 e. The first-order valence-corrected chi connectivity index (χ1v) is 7.69. The highest BCUT2D eigenvalue weighted by Crippen LogP contribution is 2.19. The van der Waals surface area contributed by atoms with Gasteiger partial charge in [0.05, 0.1) is 0 Å². The number of amides is 1. The van der Waals surface area contributed by atoms with Crippen LogP contribution >= 0.6 is 0 Å². The number of carbonyl (C=O) groups is 1. The molecule has 0 spiro atoms. The smallest absolute Gasteiger partial charge is 0.251 e. The average Bonchev–Trinajstić information content (AvgIpc) is 2.97. The van der Waals surface area contributed by atoms with E-state index in [0.717, 1.165) is 11.9 Å². The van der Waals surface area contributed by atoms with Gasteiger partial charge in [0.1, 0.15) is 6.61 Å². The summed E-state index contributed by atoms with van der Waals surface area (Å²) < 4.78 is 0. The summed E-state index contributed by atoms with van der Waals surface area (Å²) in [6.45, 7) is 2.38. The van der Waals surface area contributed by atoms with Crippen molar-refractivity contribution in [2.75, 3.05) is 6.54 Å². The maximum absolute atomic E-state index is 12.1. The maximum atomic E-state index is 12.1. The van der Waals surface area contributed by atoms with E-state index in [2.05, 4.69) is 35.4 Å². The van der Waals surface area contributed by atoms with Crippen LogP contribution in [0.15, 0.2) is 48.7 Å². The van der Waals surface area contributed by atoms with Crippen molar-refractivity contribution >= 4 is 16.8 Å². The molecular formula is C19H19N2O2. The molecule has 0 atom stereocenters. The molecule has 117 valence electrons. The molecule has 1 heterocycles. The van der Waals surface area contributed by atoms with Crippen molar-refractivity contribution in [2.24, 2.45) is 0 Å². The predicted octanol–water partition coefficient (Wildman–Crippen LogP) is 3.38. The molecule has 0 fully saturated rings. The van der Waals surface area contributed by atoms with Gasteiger partial charge in [-0.2, -0.15) is 0 Å². The number of fused-ring (bicyclic) bond motifs is 1. The molecule has 3 rings (SSSR count). The highest BCUT2D eigenvalue weighted by Gasteiger charge is 2.07. The van der Waals surface area contributed by atoms with Crippen LogP contribution < -0.4 is 5.32 Å². The van der Waals surface area contributed by atoms with Crippen LogP contribution in [0, 0.1) is 6.92 Å². The lowest BCUT2D eigenvalue weighted by Gasteiger charge is -2.05. The molecule has 2 aromatic carbocycles. The number of carbonyl (C=O) groups excluding carboxylic acids is 1. The third kappa shape index (κ3) is 3.43. The summed E-state index contributed by atoms with van der Waals surface area (Å²) >= 11 is 0. The number of hydrogen-bond acceptors (Lipinski definition) is 1. The highest BCUT2D eigenvalue weighted by molar-refractivity contribution is 5.94. The minimum atomic E-state index is -0.262. The fourth-order valence-electron chi connectivity index (χ4n) is 2.66. The number of benzene rings is 2. The van der Waals surface area contributed by atoms with Crippen LogP contribution in [0.5, 0.6) is 0 Å². The number of rotatable bonds is 5. The second-order valence-electron chi connectivity index (χ2n) is 5.71. The Morgan fingerprint density at radius 2 is 1.91 bits per heavy atom. The van der Waals surface area contributed by atoms with Crippen LogP contribution in [-0.2, 0) is 18.1 Å². The molecule has 4 heteroatoms. The van der Waals surface area contributed by atoms with Crippen LogP contribution in [0.2, 0.25) is 0 Å². The summed E-state index contributed by atoms with van der Waals surface area (Å²) in [5.41, 5.74) is 4.81. The van der Waals surface area contributed by atoms with Crippen LogP contribution in [0.1, 0.15) is 27.0 Å². The lowest BCUT2D eigenvalue weighted by Crippen LogP contribution is -2.25. The zero-order chi connectivity index (χ0) is 16.2. The Labute approximate surface area is 135 Å². The summed E-state index contributed by atoms with van der Waals surface area (Å²) in [5.74, 6) is -0.113. The van der Waals surface area contributed by atoms with E-state index in [4.69, 9.17) is 0 Å². The molecule has 0 aliphatic heterocycles. The Bertz CT molecular complexity index is 819. The van der Waals surface area contributed by atoms with Gasteiger partial charge >= 0.3 is 0 Å². The molecule has 23 heavy (non-hydrogen) atoms. The number of H-pyrrole nitrogens is 1. The first kappa shape index (κ1) is 15.3. The number of aromatic amines is 1. The molecule has 2 N–H and O–H groups in total. The van der Waals surface area contributed by atoms with Crippen molar-refractivity contribution in [2.45, 2.75) is 20.0 Å². The van der Waals surface area contributed by atoms with Gasteiger partial charge in [-0.05, 0) is 48.7 Å². The second kappa shape index (κ2) is 6.67. The minimum absolute atomic E-state index is 0.113. The van der Waals surface area contributed by atoms with Gasteiger partial charge in [-0.1, -0.05) is 23.8 Å². The zero-order valence-electron chi connectivity index (χ0n) is 13.1. The third-order valence-electron chi connectivity index (χ3n) is 3.99. The quantitative estimate of drug-likeness (QED) is 0.745. The molecule has 1 aromatic heterocycles. The van der Waals surface area contributed by atoms with Gasteiger partial charge in [-0.15, -0.1) is 0 Å². The number of hydrogen-bond donors (Lipinski definition) is 2. The molecule has 4 nitrogen and oxygen atoms in total. The Hall–Kier alpha value is -2.59. The molecular weight excluding hydrogens is 288 g/mol. The van der Waals surface area contributed by atoms with Gasteiger partial charge < -0.3 is 10.3 Å². The van der Waals surface area contributed by atoms with Gasteiger partial charge in [-0.3, -0.25) is 4.79 Å². The van der Waals surface area contributed by atoms with Crippen molar-refractivity contribution in [3.63, 3.8) is 0 Å². The lowest BCUT2D eigenvalue weighted by atomic mass is 10.1. The molecule has 0 unspecified atom stereocenters. The molecule has 1 radical (unpaired) electrons. The van der Waals surface area contributed by atoms with Crippen molar-refractivity contribution in [1.82, 2.24) is 10.3 Å². The number of nitrogens with one attached hydrogen (secondary N) is 2. The van der Waals surface area contributed by atoms with Crippen LogP contribution in [0.3, 0.4) is 0 Å². The van der Waals surface area contributed by atoms with Gasteiger partial charge in [0.25, 0.3) is 5.91 Å². The molecule has 1 amide bonds. The Balaban J connectivity index is 1.61. The monoisotopic (exact) mass is 307 g/mol. The molecule has 0 saturated carbocycles. The summed E-state index contributed by atoms with van der Waals surface area (Å²) in [4.78, 5) is 15.3. The average molecular weight is 307 g/mol. The van der Waals surface area contributed by atoms with Crippen molar-refractivity contribution in [1.29, 1.82) is 0 Å². The number of aromatic nitrogens is 1. The fourth-order valence-corrected chi connectivity index (χ4v) is 2.66. The highest BCUT2D eigenvalue weighted by atomic mass is 16.3. The summed E-state index contributed by atoms with van der Waals surface area (Å²) in [5, 5.41) is 14.9. The molecule has 0 bridgehead atoms. The molecule has 0 aliphatic carbocycles. The van der Waals surface area contributed by atoms with E-state index in [1.807, 2.05) is 6.20 Å². The van der Waals surface area contributed by atoms with Crippen molar-refractivity contribution in [3.05, 3.63) is 70.9 Å². The van der Waals surface area contributed by atoms with E-state index >= 15 is 0 Å². The first-order valence-electron chi connectivity index (χ1n) is 7.69. The summed E-state index contributed by atoms with van der Waals surface area (Å²) in [6.07, 6.45) is 2.77. The van der Waals surface area contributed by atoms with E-state index in [9.17, 15) is 9.90 Å². The van der Waals surface area contributed by atoms with E-state index in [1.165, 1.54) is 16.5 Å². The van der Waals surface area contributed by atoms with Crippen LogP contribution in [0.25, 0.3) is 10.9 Å². The Kier molecular flexibility index (Phi) is 4.44. The van der Waals surface area contributed by atoms with Gasteiger partial charge in [0, 0.05) is 29.2 Å². The minimum Gasteiger partial charge on any atom is -0.361 e. The lowest BCUT2D eigenvalue weighted by molar-refractivity contribution is 0.0954. The standard InChI is InChI=1S/C19H19N2O2/c1-13-2-7-18-17(10-13)16(11-21-18)8-9-20-19(23)15-5-3-14(12-22)4-6-15/h2-7,10-11,21H,8-9,12H2,1H3,(H,20,23). The summed E-state index contributed by atoms with van der Waals surface area (Å²) in [7, 11) is 0. The van der Waals surface area contributed by atoms with Crippen molar-refractivity contribution < 1.29 is 9.90 Å². The third-order valence-corrected chi connectivity index (χ3v) is 3.99. The van der Waals surface area contributed by atoms with E-state index in [-0.39, 0.29) is 12.5 Å². The molecule has 3 aromatic rings. The SMILES string of the molecule is Cc1ccc2[nH]cc(CCNC(=O)c3ccc(C[O])cc3)c2c1. The van der Waals surface area contributed by atoms with E-state index in [1.54, 1.807) is 24.3 Å². The van der Waals surface area contributed by atoms with E-state index in [0.29, 0.717) is 17.7 Å². The van der Waals surface area contributed by atoms with Crippen molar-refractivity contribution in [3.8, 4) is 0 Å².